The van der Waals surface area contributed by atoms with Crippen LogP contribution in [-0.2, 0) is 5.54 Å². The Hall–Kier alpha value is -1.93. The van der Waals surface area contributed by atoms with Gasteiger partial charge in [-0.2, -0.15) is 0 Å². The summed E-state index contributed by atoms with van der Waals surface area (Å²) in [5.41, 5.74) is -4.04. The van der Waals surface area contributed by atoms with Crippen LogP contribution in [0.25, 0.3) is 0 Å². The molecule has 1 aromatic rings. The van der Waals surface area contributed by atoms with Crippen LogP contribution in [0.1, 0.15) is 26.7 Å². The van der Waals surface area contributed by atoms with E-state index in [1.807, 2.05) is 9.97 Å². The van der Waals surface area contributed by atoms with Crippen LogP contribution in [0, 0.1) is 0 Å². The van der Waals surface area contributed by atoms with Crippen molar-refractivity contribution in [3.05, 3.63) is 44.1 Å². The lowest BCUT2D eigenvalue weighted by molar-refractivity contribution is 0.0856. The quantitative estimate of drug-likeness (QED) is 0.480. The molecular formula is C12H19N3O5. The Morgan fingerprint density at radius 1 is 1.15 bits per heavy atom. The summed E-state index contributed by atoms with van der Waals surface area (Å²) in [6, 6.07) is 0. The fourth-order valence-corrected chi connectivity index (χ4v) is 2.38. The van der Waals surface area contributed by atoms with E-state index in [-0.39, 0.29) is 12.8 Å². The molecule has 1 rings (SSSR count). The SMILES string of the molecule is C=CC(CC(C)O)(CC(C)O)n1c(=O)[nH]c(=O)[nH]c1=O. The Balaban J connectivity index is 3.60. The molecule has 2 unspecified atom stereocenters. The molecule has 4 N–H and O–H groups in total. The third-order valence-corrected chi connectivity index (χ3v) is 2.97. The standard InChI is InChI=1S/C12H19N3O5/c1-4-12(5-7(2)16,6-8(3)17)15-10(19)13-9(18)14-11(15)20/h4,7-8,16-17H,1,5-6H2,2-3H3,(H2,13,14,18,19,20). The summed E-state index contributed by atoms with van der Waals surface area (Å²) in [6.07, 6.45) is -0.371. The molecular weight excluding hydrogens is 266 g/mol. The van der Waals surface area contributed by atoms with E-state index >= 15 is 0 Å². The van der Waals surface area contributed by atoms with Crippen molar-refractivity contribution in [2.24, 2.45) is 0 Å². The van der Waals surface area contributed by atoms with Gasteiger partial charge >= 0.3 is 17.1 Å². The highest BCUT2D eigenvalue weighted by Gasteiger charge is 2.35. The first kappa shape index (κ1) is 16.1. The molecule has 0 aliphatic rings. The van der Waals surface area contributed by atoms with Crippen molar-refractivity contribution in [3.63, 3.8) is 0 Å². The summed E-state index contributed by atoms with van der Waals surface area (Å²) in [5, 5.41) is 19.2. The van der Waals surface area contributed by atoms with E-state index in [1.165, 1.54) is 19.9 Å². The summed E-state index contributed by atoms with van der Waals surface area (Å²) in [5.74, 6) is 0. The van der Waals surface area contributed by atoms with Gasteiger partial charge in [0, 0.05) is 12.8 Å². The second-order valence-electron chi connectivity index (χ2n) is 4.94. The minimum Gasteiger partial charge on any atom is -0.393 e. The lowest BCUT2D eigenvalue weighted by Gasteiger charge is -2.33. The van der Waals surface area contributed by atoms with Crippen molar-refractivity contribution in [3.8, 4) is 0 Å². The largest absolute Gasteiger partial charge is 0.393 e. The summed E-state index contributed by atoms with van der Waals surface area (Å²) >= 11 is 0. The Morgan fingerprint density at radius 3 is 1.85 bits per heavy atom. The fourth-order valence-electron chi connectivity index (χ4n) is 2.38. The lowest BCUT2D eigenvalue weighted by atomic mass is 9.86. The summed E-state index contributed by atoms with van der Waals surface area (Å²) in [4.78, 5) is 38.8. The number of hydrogen-bond acceptors (Lipinski definition) is 5. The molecule has 1 heterocycles. The molecule has 0 saturated heterocycles. The number of allylic oxidation sites excluding steroid dienone is 1. The van der Waals surface area contributed by atoms with Crippen LogP contribution in [0.15, 0.2) is 27.0 Å². The molecule has 0 radical (unpaired) electrons. The molecule has 0 fully saturated rings. The van der Waals surface area contributed by atoms with E-state index in [4.69, 9.17) is 0 Å². The summed E-state index contributed by atoms with van der Waals surface area (Å²) in [6.45, 7) is 6.58. The highest BCUT2D eigenvalue weighted by molar-refractivity contribution is 5.03. The van der Waals surface area contributed by atoms with Crippen molar-refractivity contribution >= 4 is 0 Å². The molecule has 1 aromatic heterocycles. The minimum atomic E-state index is -1.29. The average Bonchev–Trinajstić information content (AvgIpc) is 2.25. The van der Waals surface area contributed by atoms with E-state index in [1.54, 1.807) is 0 Å². The zero-order valence-electron chi connectivity index (χ0n) is 11.4. The van der Waals surface area contributed by atoms with Crippen LogP contribution >= 0.6 is 0 Å². The molecule has 0 saturated carbocycles. The van der Waals surface area contributed by atoms with Gasteiger partial charge in [-0.15, -0.1) is 6.58 Å². The molecule has 0 aromatic carbocycles. The van der Waals surface area contributed by atoms with E-state index in [0.29, 0.717) is 0 Å². The smallest absolute Gasteiger partial charge is 0.334 e. The maximum absolute atomic E-state index is 11.9. The molecule has 2 atom stereocenters. The zero-order valence-corrected chi connectivity index (χ0v) is 11.4. The van der Waals surface area contributed by atoms with Crippen LogP contribution in [0.3, 0.4) is 0 Å². The van der Waals surface area contributed by atoms with Gasteiger partial charge in [-0.1, -0.05) is 6.08 Å². The Morgan fingerprint density at radius 2 is 1.55 bits per heavy atom. The minimum absolute atomic E-state index is 0.00354. The maximum Gasteiger partial charge on any atom is 0.334 e. The van der Waals surface area contributed by atoms with Crippen LogP contribution in [0.5, 0.6) is 0 Å². The number of hydrogen-bond donors (Lipinski definition) is 4. The first-order valence-electron chi connectivity index (χ1n) is 6.17. The van der Waals surface area contributed by atoms with Gasteiger partial charge in [-0.25, -0.2) is 19.0 Å². The van der Waals surface area contributed by atoms with Crippen molar-refractivity contribution in [1.82, 2.24) is 14.5 Å². The number of aromatic amines is 2. The predicted molar refractivity (Wildman–Crippen MR) is 72.7 cm³/mol. The van der Waals surface area contributed by atoms with E-state index in [9.17, 15) is 24.6 Å². The van der Waals surface area contributed by atoms with E-state index in [0.717, 1.165) is 4.57 Å². The van der Waals surface area contributed by atoms with Crippen molar-refractivity contribution in [2.45, 2.75) is 44.4 Å². The number of aliphatic hydroxyl groups is 2. The van der Waals surface area contributed by atoms with E-state index in [2.05, 4.69) is 6.58 Å². The number of nitrogens with zero attached hydrogens (tertiary/aromatic N) is 1. The molecule has 0 aliphatic carbocycles. The molecule has 0 aliphatic heterocycles. The van der Waals surface area contributed by atoms with Gasteiger partial charge in [0.15, 0.2) is 0 Å². The number of rotatable bonds is 6. The van der Waals surface area contributed by atoms with Crippen molar-refractivity contribution in [1.29, 1.82) is 0 Å². The Labute approximate surface area is 114 Å². The van der Waals surface area contributed by atoms with Crippen molar-refractivity contribution < 1.29 is 10.2 Å². The predicted octanol–water partition coefficient (Wildman–Crippen LogP) is -1.35. The molecule has 0 bridgehead atoms. The number of aromatic nitrogens is 3. The van der Waals surface area contributed by atoms with Gasteiger partial charge in [-0.05, 0) is 13.8 Å². The first-order valence-corrected chi connectivity index (χ1v) is 6.17. The number of nitrogens with one attached hydrogen (secondary N) is 2. The second-order valence-corrected chi connectivity index (χ2v) is 4.94. The fraction of sp³-hybridized carbons (Fsp3) is 0.583. The Bertz CT molecular complexity index is 593. The molecule has 8 nitrogen and oxygen atoms in total. The van der Waals surface area contributed by atoms with Gasteiger partial charge in [0.1, 0.15) is 0 Å². The topological polar surface area (TPSA) is 128 Å². The van der Waals surface area contributed by atoms with Gasteiger partial charge in [0.05, 0.1) is 17.7 Å². The highest BCUT2D eigenvalue weighted by atomic mass is 16.3. The Kier molecular flexibility index (Phi) is 4.85. The lowest BCUT2D eigenvalue weighted by Crippen LogP contribution is -2.54. The van der Waals surface area contributed by atoms with Gasteiger partial charge in [0.25, 0.3) is 0 Å². The highest BCUT2D eigenvalue weighted by Crippen LogP contribution is 2.27. The van der Waals surface area contributed by atoms with Crippen LogP contribution < -0.4 is 17.1 Å². The van der Waals surface area contributed by atoms with Crippen LogP contribution in [-0.4, -0.2) is 37.0 Å². The summed E-state index contributed by atoms with van der Waals surface area (Å²) in [7, 11) is 0. The molecule has 0 amide bonds. The van der Waals surface area contributed by atoms with Gasteiger partial charge in [-0.3, -0.25) is 9.97 Å². The molecule has 112 valence electrons. The third kappa shape index (κ3) is 3.34. The van der Waals surface area contributed by atoms with Gasteiger partial charge in [0.2, 0.25) is 0 Å². The second kappa shape index (κ2) is 6.02. The van der Waals surface area contributed by atoms with Crippen molar-refractivity contribution in [2.75, 3.05) is 0 Å². The van der Waals surface area contributed by atoms with Crippen LogP contribution in [0.2, 0.25) is 0 Å². The maximum atomic E-state index is 11.9. The summed E-state index contributed by atoms with van der Waals surface area (Å²) < 4.78 is 0.765. The number of aliphatic hydroxyl groups excluding tert-OH is 2. The van der Waals surface area contributed by atoms with E-state index < -0.39 is 34.8 Å². The third-order valence-electron chi connectivity index (χ3n) is 2.97. The first-order chi connectivity index (χ1) is 9.21. The normalized spacial score (nSPS) is 17.2. The number of H-pyrrole nitrogens is 2. The molecule has 0 spiro atoms. The van der Waals surface area contributed by atoms with Crippen LogP contribution in [0.4, 0.5) is 0 Å². The monoisotopic (exact) mass is 285 g/mol. The zero-order chi connectivity index (χ0) is 15.5. The molecule has 20 heavy (non-hydrogen) atoms. The molecule has 8 heteroatoms. The van der Waals surface area contributed by atoms with Gasteiger partial charge < -0.3 is 10.2 Å². The average molecular weight is 285 g/mol.